The quantitative estimate of drug-likeness (QED) is 0.722. The molecule has 0 aliphatic rings. The van der Waals surface area contributed by atoms with E-state index in [1.165, 1.54) is 0 Å². The smallest absolute Gasteiger partial charge is 0.137 e. The molecule has 0 fully saturated rings. The Kier molecular flexibility index (Phi) is 2.34. The van der Waals surface area contributed by atoms with Crippen molar-refractivity contribution in [2.24, 2.45) is 5.73 Å². The molecule has 0 aromatic carbocycles. The lowest BCUT2D eigenvalue weighted by molar-refractivity contribution is 0.946. The molecule has 3 aromatic rings. The highest BCUT2D eigenvalue weighted by atomic mass is 15.0. The van der Waals surface area contributed by atoms with Gasteiger partial charge < -0.3 is 10.1 Å². The molecule has 0 amide bonds. The largest absolute Gasteiger partial charge is 0.325 e. The first-order valence-electron chi connectivity index (χ1n) is 5.46. The van der Waals surface area contributed by atoms with Crippen LogP contribution in [0.2, 0.25) is 0 Å². The molecule has 3 aromatic heterocycles. The van der Waals surface area contributed by atoms with Crippen LogP contribution in [0.3, 0.4) is 0 Å². The van der Waals surface area contributed by atoms with Gasteiger partial charge in [0, 0.05) is 36.4 Å². The van der Waals surface area contributed by atoms with Crippen molar-refractivity contribution in [3.63, 3.8) is 0 Å². The van der Waals surface area contributed by atoms with Gasteiger partial charge in [0.2, 0.25) is 0 Å². The minimum Gasteiger partial charge on any atom is -0.325 e. The van der Waals surface area contributed by atoms with Crippen LogP contribution in [0, 0.1) is 0 Å². The van der Waals surface area contributed by atoms with Gasteiger partial charge in [0.25, 0.3) is 0 Å². The van der Waals surface area contributed by atoms with E-state index in [1.807, 2.05) is 40.9 Å². The van der Waals surface area contributed by atoms with Crippen molar-refractivity contribution in [1.29, 1.82) is 0 Å². The van der Waals surface area contributed by atoms with Gasteiger partial charge in [0.15, 0.2) is 0 Å². The van der Waals surface area contributed by atoms with Crippen LogP contribution in [0.1, 0.15) is 5.69 Å². The lowest BCUT2D eigenvalue weighted by atomic mass is 10.2. The van der Waals surface area contributed by atoms with E-state index in [0.29, 0.717) is 6.54 Å². The van der Waals surface area contributed by atoms with Crippen LogP contribution in [-0.4, -0.2) is 14.4 Å². The maximum Gasteiger partial charge on any atom is 0.137 e. The van der Waals surface area contributed by atoms with E-state index in [2.05, 4.69) is 9.97 Å². The van der Waals surface area contributed by atoms with E-state index in [4.69, 9.17) is 5.73 Å². The van der Waals surface area contributed by atoms with Crippen LogP contribution in [0.5, 0.6) is 0 Å². The summed E-state index contributed by atoms with van der Waals surface area (Å²) in [5, 5.41) is 0. The standard InChI is InChI=1S/C13H12N4/c14-8-11-2-1-3-13-16-12(9-17(11)13)10-4-6-15-7-5-10/h1-7,9H,8,14H2. The average Bonchev–Trinajstić information content (AvgIpc) is 2.83. The summed E-state index contributed by atoms with van der Waals surface area (Å²) in [6.07, 6.45) is 5.54. The maximum absolute atomic E-state index is 5.71. The summed E-state index contributed by atoms with van der Waals surface area (Å²) >= 11 is 0. The summed E-state index contributed by atoms with van der Waals surface area (Å²) in [6, 6.07) is 9.85. The van der Waals surface area contributed by atoms with Gasteiger partial charge in [-0.05, 0) is 24.3 Å². The van der Waals surface area contributed by atoms with Crippen molar-refractivity contribution < 1.29 is 0 Å². The predicted octanol–water partition coefficient (Wildman–Crippen LogP) is 1.85. The van der Waals surface area contributed by atoms with Gasteiger partial charge in [-0.1, -0.05) is 6.07 Å². The molecule has 17 heavy (non-hydrogen) atoms. The number of rotatable bonds is 2. The van der Waals surface area contributed by atoms with Crippen molar-refractivity contribution >= 4 is 5.65 Å². The minimum absolute atomic E-state index is 0.503. The molecule has 3 rings (SSSR count). The molecular weight excluding hydrogens is 212 g/mol. The zero-order chi connectivity index (χ0) is 11.7. The number of imidazole rings is 1. The van der Waals surface area contributed by atoms with Gasteiger partial charge in [-0.15, -0.1) is 0 Å². The third-order valence-electron chi connectivity index (χ3n) is 2.76. The number of pyridine rings is 2. The molecule has 0 spiro atoms. The molecule has 0 radical (unpaired) electrons. The highest BCUT2D eigenvalue weighted by Crippen LogP contribution is 2.19. The summed E-state index contributed by atoms with van der Waals surface area (Å²) in [6.45, 7) is 0.503. The zero-order valence-electron chi connectivity index (χ0n) is 9.24. The second-order valence-electron chi connectivity index (χ2n) is 3.81. The topological polar surface area (TPSA) is 56.2 Å². The normalized spacial score (nSPS) is 10.9. The van der Waals surface area contributed by atoms with Gasteiger partial charge in [0.1, 0.15) is 5.65 Å². The molecule has 0 aliphatic carbocycles. The van der Waals surface area contributed by atoms with Gasteiger partial charge in [-0.25, -0.2) is 4.98 Å². The molecule has 84 valence electrons. The first-order valence-corrected chi connectivity index (χ1v) is 5.46. The summed E-state index contributed by atoms with van der Waals surface area (Å²) < 4.78 is 2.02. The van der Waals surface area contributed by atoms with Crippen molar-refractivity contribution in [2.45, 2.75) is 6.54 Å². The van der Waals surface area contributed by atoms with Gasteiger partial charge in [0.05, 0.1) is 5.69 Å². The van der Waals surface area contributed by atoms with E-state index in [0.717, 1.165) is 22.6 Å². The molecule has 0 atom stereocenters. The molecule has 0 saturated carbocycles. The molecular formula is C13H12N4. The summed E-state index contributed by atoms with van der Waals surface area (Å²) in [5.74, 6) is 0. The van der Waals surface area contributed by atoms with Crippen LogP contribution in [-0.2, 0) is 6.54 Å². The van der Waals surface area contributed by atoms with Crippen molar-refractivity contribution in [2.75, 3.05) is 0 Å². The monoisotopic (exact) mass is 224 g/mol. The Morgan fingerprint density at radius 2 is 1.94 bits per heavy atom. The van der Waals surface area contributed by atoms with Crippen molar-refractivity contribution in [1.82, 2.24) is 14.4 Å². The number of fused-ring (bicyclic) bond motifs is 1. The van der Waals surface area contributed by atoms with Crippen LogP contribution >= 0.6 is 0 Å². The second-order valence-corrected chi connectivity index (χ2v) is 3.81. The summed E-state index contributed by atoms with van der Waals surface area (Å²) in [4.78, 5) is 8.58. The Hall–Kier alpha value is -2.20. The van der Waals surface area contributed by atoms with Crippen LogP contribution in [0.25, 0.3) is 16.9 Å². The molecule has 0 unspecified atom stereocenters. The SMILES string of the molecule is NCc1cccc2nc(-c3ccncc3)cn12. The molecule has 2 N–H and O–H groups in total. The maximum atomic E-state index is 5.71. The van der Waals surface area contributed by atoms with Crippen molar-refractivity contribution in [3.8, 4) is 11.3 Å². The zero-order valence-corrected chi connectivity index (χ0v) is 9.24. The fourth-order valence-electron chi connectivity index (χ4n) is 1.90. The summed E-state index contributed by atoms with van der Waals surface area (Å²) in [7, 11) is 0. The highest BCUT2D eigenvalue weighted by molar-refractivity contribution is 5.62. The van der Waals surface area contributed by atoms with E-state index < -0.39 is 0 Å². The Morgan fingerprint density at radius 1 is 1.12 bits per heavy atom. The first kappa shape index (κ1) is 9.99. The third kappa shape index (κ3) is 1.68. The molecule has 4 heteroatoms. The number of nitrogens with zero attached hydrogens (tertiary/aromatic N) is 3. The van der Waals surface area contributed by atoms with Gasteiger partial charge in [-0.3, -0.25) is 4.98 Å². The highest BCUT2D eigenvalue weighted by Gasteiger charge is 2.05. The molecule has 0 aliphatic heterocycles. The van der Waals surface area contributed by atoms with Gasteiger partial charge >= 0.3 is 0 Å². The number of hydrogen-bond acceptors (Lipinski definition) is 3. The molecule has 0 saturated heterocycles. The minimum atomic E-state index is 0.503. The molecule has 3 heterocycles. The Bertz CT molecular complexity index is 643. The lowest BCUT2D eigenvalue weighted by Crippen LogP contribution is -2.02. The third-order valence-corrected chi connectivity index (χ3v) is 2.76. The second kappa shape index (κ2) is 3.99. The first-order chi connectivity index (χ1) is 8.38. The number of hydrogen-bond donors (Lipinski definition) is 1. The Morgan fingerprint density at radius 3 is 2.71 bits per heavy atom. The number of aromatic nitrogens is 3. The predicted molar refractivity (Wildman–Crippen MR) is 66.3 cm³/mol. The molecule has 0 bridgehead atoms. The fourth-order valence-corrected chi connectivity index (χ4v) is 1.90. The van der Waals surface area contributed by atoms with Crippen LogP contribution in [0.15, 0.2) is 48.9 Å². The Labute approximate surface area is 98.8 Å². The molecule has 4 nitrogen and oxygen atoms in total. The summed E-state index contributed by atoms with van der Waals surface area (Å²) in [5.41, 5.74) is 9.67. The van der Waals surface area contributed by atoms with E-state index in [1.54, 1.807) is 12.4 Å². The van der Waals surface area contributed by atoms with Crippen molar-refractivity contribution in [3.05, 3.63) is 54.6 Å². The van der Waals surface area contributed by atoms with E-state index in [9.17, 15) is 0 Å². The Balaban J connectivity index is 2.20. The fraction of sp³-hybridized carbons (Fsp3) is 0.0769. The van der Waals surface area contributed by atoms with Crippen LogP contribution in [0.4, 0.5) is 0 Å². The number of nitrogens with two attached hydrogens (primary N) is 1. The van der Waals surface area contributed by atoms with Crippen LogP contribution < -0.4 is 5.73 Å². The van der Waals surface area contributed by atoms with E-state index in [-0.39, 0.29) is 0 Å². The average molecular weight is 224 g/mol. The van der Waals surface area contributed by atoms with E-state index >= 15 is 0 Å². The van der Waals surface area contributed by atoms with Gasteiger partial charge in [-0.2, -0.15) is 0 Å². The lowest BCUT2D eigenvalue weighted by Gasteiger charge is -1.99.